The lowest BCUT2D eigenvalue weighted by Crippen LogP contribution is -2.55. The summed E-state index contributed by atoms with van der Waals surface area (Å²) in [5, 5.41) is 2.80. The van der Waals surface area contributed by atoms with Gasteiger partial charge < -0.3 is 19.2 Å². The summed E-state index contributed by atoms with van der Waals surface area (Å²) in [5.41, 5.74) is 2.59. The Labute approximate surface area is 163 Å². The van der Waals surface area contributed by atoms with Crippen LogP contribution >= 0.6 is 0 Å². The van der Waals surface area contributed by atoms with Crippen molar-refractivity contribution < 1.29 is 23.5 Å². The van der Waals surface area contributed by atoms with Crippen LogP contribution in [0.5, 0.6) is 5.75 Å². The van der Waals surface area contributed by atoms with Crippen molar-refractivity contribution in [2.24, 2.45) is 0 Å². The summed E-state index contributed by atoms with van der Waals surface area (Å²) in [4.78, 5) is 30.5. The maximum Gasteiger partial charge on any atom is 0.307 e. The number of hydrogen-bond donors (Lipinski definition) is 1. The number of carbonyl (C=O) groups excluding carboxylic acids is 2. The van der Waals surface area contributed by atoms with Gasteiger partial charge in [-0.1, -0.05) is 0 Å². The van der Waals surface area contributed by atoms with Gasteiger partial charge in [-0.3, -0.25) is 14.5 Å². The second-order valence-corrected chi connectivity index (χ2v) is 6.76. The third kappa shape index (κ3) is 4.17. The number of aromatic nitrogens is 1. The highest BCUT2D eigenvalue weighted by Crippen LogP contribution is 2.28. The molecule has 8 nitrogen and oxygen atoms in total. The number of oxazole rings is 1. The van der Waals surface area contributed by atoms with Crippen molar-refractivity contribution in [2.75, 3.05) is 27.3 Å². The van der Waals surface area contributed by atoms with Crippen molar-refractivity contribution in [3.63, 3.8) is 0 Å². The molecule has 1 fully saturated rings. The number of esters is 1. The summed E-state index contributed by atoms with van der Waals surface area (Å²) in [5.74, 6) is 1.41. The fraction of sp³-hybridized carbons (Fsp3) is 0.450. The van der Waals surface area contributed by atoms with Crippen molar-refractivity contribution in [3.05, 3.63) is 35.2 Å². The molecule has 28 heavy (non-hydrogen) atoms. The molecule has 0 unspecified atom stereocenters. The van der Waals surface area contributed by atoms with E-state index in [0.29, 0.717) is 31.3 Å². The molecule has 0 aliphatic carbocycles. The van der Waals surface area contributed by atoms with Crippen molar-refractivity contribution >= 4 is 11.9 Å². The lowest BCUT2D eigenvalue weighted by atomic mass is 10.1. The van der Waals surface area contributed by atoms with Gasteiger partial charge in [0.05, 0.1) is 26.3 Å². The molecule has 1 aromatic heterocycles. The summed E-state index contributed by atoms with van der Waals surface area (Å²) in [6, 6.07) is 5.16. The predicted molar refractivity (Wildman–Crippen MR) is 102 cm³/mol. The lowest BCUT2D eigenvalue weighted by Gasteiger charge is -2.33. The Bertz CT molecular complexity index is 877. The van der Waals surface area contributed by atoms with E-state index in [1.54, 1.807) is 7.11 Å². The second-order valence-electron chi connectivity index (χ2n) is 6.76. The number of nitrogens with zero attached hydrogens (tertiary/aromatic N) is 2. The second kappa shape index (κ2) is 8.43. The van der Waals surface area contributed by atoms with Gasteiger partial charge in [0.25, 0.3) is 0 Å². The number of amides is 1. The first-order chi connectivity index (χ1) is 13.4. The Kier molecular flexibility index (Phi) is 5.99. The molecule has 1 atom stereocenters. The summed E-state index contributed by atoms with van der Waals surface area (Å²) >= 11 is 0. The third-order valence-electron chi connectivity index (χ3n) is 4.92. The van der Waals surface area contributed by atoms with E-state index >= 15 is 0 Å². The first-order valence-electron chi connectivity index (χ1n) is 9.12. The zero-order valence-electron chi connectivity index (χ0n) is 16.6. The van der Waals surface area contributed by atoms with Gasteiger partial charge in [0.15, 0.2) is 0 Å². The monoisotopic (exact) mass is 387 g/mol. The van der Waals surface area contributed by atoms with Crippen LogP contribution in [0.3, 0.4) is 0 Å². The molecule has 1 saturated heterocycles. The smallest absolute Gasteiger partial charge is 0.307 e. The van der Waals surface area contributed by atoms with Crippen LogP contribution in [0.2, 0.25) is 0 Å². The molecule has 8 heteroatoms. The van der Waals surface area contributed by atoms with Crippen LogP contribution in [0, 0.1) is 13.8 Å². The van der Waals surface area contributed by atoms with Crippen molar-refractivity contribution in [2.45, 2.75) is 32.9 Å². The maximum atomic E-state index is 12.2. The molecular formula is C20H25N3O5. The first kappa shape index (κ1) is 19.9. The average Bonchev–Trinajstić information content (AvgIpc) is 3.04. The standard InChI is InChI=1S/C20H25N3O5/c1-12-9-14(5-6-17(12)26-3)20-22-15(13(2)28-20)11-23-8-7-21-19(25)16(23)10-18(24)27-4/h5-6,9,16H,7-8,10-11H2,1-4H3,(H,21,25)/t16-/m1/s1. The molecule has 0 bridgehead atoms. The normalized spacial score (nSPS) is 17.3. The van der Waals surface area contributed by atoms with Crippen LogP contribution < -0.4 is 10.1 Å². The number of carbonyl (C=O) groups is 2. The van der Waals surface area contributed by atoms with Gasteiger partial charge in [0.1, 0.15) is 17.6 Å². The predicted octanol–water partition coefficient (Wildman–Crippen LogP) is 1.83. The molecule has 0 saturated carbocycles. The quantitative estimate of drug-likeness (QED) is 0.756. The highest BCUT2D eigenvalue weighted by atomic mass is 16.5. The van der Waals surface area contributed by atoms with Crippen LogP contribution in [0.1, 0.15) is 23.4 Å². The summed E-state index contributed by atoms with van der Waals surface area (Å²) < 4.78 is 15.9. The topological polar surface area (TPSA) is 93.9 Å². The van der Waals surface area contributed by atoms with E-state index in [4.69, 9.17) is 13.9 Å². The Morgan fingerprint density at radius 1 is 1.36 bits per heavy atom. The average molecular weight is 387 g/mol. The molecule has 1 aromatic carbocycles. The molecule has 1 N–H and O–H groups in total. The van der Waals surface area contributed by atoms with Gasteiger partial charge in [-0.05, 0) is 37.6 Å². The number of aryl methyl sites for hydroxylation is 2. The number of ether oxygens (including phenoxy) is 2. The Balaban J connectivity index is 1.81. The third-order valence-corrected chi connectivity index (χ3v) is 4.92. The number of rotatable bonds is 6. The van der Waals surface area contributed by atoms with Gasteiger partial charge >= 0.3 is 5.97 Å². The van der Waals surface area contributed by atoms with Crippen molar-refractivity contribution in [1.82, 2.24) is 15.2 Å². The van der Waals surface area contributed by atoms with E-state index in [-0.39, 0.29) is 12.3 Å². The minimum Gasteiger partial charge on any atom is -0.496 e. The summed E-state index contributed by atoms with van der Waals surface area (Å²) in [7, 11) is 2.95. The molecule has 150 valence electrons. The van der Waals surface area contributed by atoms with Gasteiger partial charge in [-0.15, -0.1) is 0 Å². The number of benzene rings is 1. The van der Waals surface area contributed by atoms with E-state index in [0.717, 1.165) is 22.6 Å². The van der Waals surface area contributed by atoms with Gasteiger partial charge in [0.2, 0.25) is 11.8 Å². The largest absolute Gasteiger partial charge is 0.496 e. The zero-order chi connectivity index (χ0) is 20.3. The minimum absolute atomic E-state index is 0.00373. The van der Waals surface area contributed by atoms with Gasteiger partial charge in [0, 0.05) is 25.2 Å². The zero-order valence-corrected chi connectivity index (χ0v) is 16.6. The molecule has 0 spiro atoms. The SMILES string of the molecule is COC(=O)C[C@@H]1C(=O)NCCN1Cc1nc(-c2ccc(OC)c(C)c2)oc1C. The van der Waals surface area contributed by atoms with Gasteiger partial charge in [-0.25, -0.2) is 4.98 Å². The van der Waals surface area contributed by atoms with Crippen LogP contribution in [0.15, 0.2) is 22.6 Å². The fourth-order valence-electron chi connectivity index (χ4n) is 3.32. The van der Waals surface area contributed by atoms with Crippen LogP contribution in [0.4, 0.5) is 0 Å². The number of methoxy groups -OCH3 is 2. The number of hydrogen-bond acceptors (Lipinski definition) is 7. The Morgan fingerprint density at radius 2 is 2.14 bits per heavy atom. The molecule has 1 aliphatic heterocycles. The van der Waals surface area contributed by atoms with Crippen LogP contribution in [-0.2, 0) is 20.9 Å². The van der Waals surface area contributed by atoms with Crippen molar-refractivity contribution in [1.29, 1.82) is 0 Å². The van der Waals surface area contributed by atoms with E-state index in [9.17, 15) is 9.59 Å². The number of piperazine rings is 1. The van der Waals surface area contributed by atoms with Crippen LogP contribution in [-0.4, -0.2) is 55.1 Å². The number of nitrogens with one attached hydrogen (secondary N) is 1. The van der Waals surface area contributed by atoms with E-state index in [2.05, 4.69) is 10.3 Å². The molecule has 2 aromatic rings. The summed E-state index contributed by atoms with van der Waals surface area (Å²) in [6.07, 6.45) is 0.00373. The van der Waals surface area contributed by atoms with Gasteiger partial charge in [-0.2, -0.15) is 0 Å². The Morgan fingerprint density at radius 3 is 2.82 bits per heavy atom. The van der Waals surface area contributed by atoms with Crippen molar-refractivity contribution in [3.8, 4) is 17.2 Å². The molecule has 2 heterocycles. The molecule has 1 aliphatic rings. The highest BCUT2D eigenvalue weighted by Gasteiger charge is 2.33. The van der Waals surface area contributed by atoms with E-state index in [1.165, 1.54) is 7.11 Å². The lowest BCUT2D eigenvalue weighted by molar-refractivity contribution is -0.146. The minimum atomic E-state index is -0.580. The summed E-state index contributed by atoms with van der Waals surface area (Å²) in [6.45, 7) is 5.37. The Hall–Kier alpha value is -2.87. The van der Waals surface area contributed by atoms with E-state index in [1.807, 2.05) is 36.9 Å². The molecule has 3 rings (SSSR count). The fourth-order valence-corrected chi connectivity index (χ4v) is 3.32. The first-order valence-corrected chi connectivity index (χ1v) is 9.12. The van der Waals surface area contributed by atoms with E-state index < -0.39 is 12.0 Å². The van der Waals surface area contributed by atoms with Crippen LogP contribution in [0.25, 0.3) is 11.5 Å². The highest BCUT2D eigenvalue weighted by molar-refractivity contribution is 5.87. The molecule has 1 amide bonds. The molecular weight excluding hydrogens is 362 g/mol. The maximum absolute atomic E-state index is 12.2. The molecule has 0 radical (unpaired) electrons.